The number of amides is 1. The van der Waals surface area contributed by atoms with Gasteiger partial charge in [0.15, 0.2) is 0 Å². The molecule has 4 nitrogen and oxygen atoms in total. The average molecular weight is 254 g/mol. The van der Waals surface area contributed by atoms with Crippen molar-refractivity contribution in [2.75, 3.05) is 17.7 Å². The number of carbonyl (C=O) groups is 1. The molecule has 1 aliphatic heterocycles. The average Bonchev–Trinajstić information content (AvgIpc) is 2.78. The molecule has 0 aromatic heterocycles. The Labute approximate surface area is 111 Å². The van der Waals surface area contributed by atoms with Crippen LogP contribution in [0.3, 0.4) is 0 Å². The van der Waals surface area contributed by atoms with E-state index in [-0.39, 0.29) is 5.91 Å². The summed E-state index contributed by atoms with van der Waals surface area (Å²) < 4.78 is 5.19. The molecule has 2 aromatic carbocycles. The maximum absolute atomic E-state index is 12.4. The molecule has 1 heterocycles. The normalized spacial score (nSPS) is 13.5. The molecule has 0 aliphatic carbocycles. The lowest BCUT2D eigenvalue weighted by atomic mass is 10.1. The number of nitrogens with two attached hydrogens (primary N) is 1. The van der Waals surface area contributed by atoms with Crippen LogP contribution in [-0.4, -0.2) is 13.0 Å². The fourth-order valence-electron chi connectivity index (χ4n) is 2.34. The van der Waals surface area contributed by atoms with Crippen LogP contribution in [0.4, 0.5) is 11.4 Å². The number of methoxy groups -OCH3 is 1. The quantitative estimate of drug-likeness (QED) is 0.837. The first-order valence-electron chi connectivity index (χ1n) is 6.04. The number of rotatable bonds is 2. The maximum Gasteiger partial charge on any atom is 0.259 e. The van der Waals surface area contributed by atoms with Crippen LogP contribution in [0.25, 0.3) is 0 Å². The number of benzene rings is 2. The number of anilines is 2. The second-order valence-corrected chi connectivity index (χ2v) is 4.47. The minimum absolute atomic E-state index is 0.0180. The van der Waals surface area contributed by atoms with Gasteiger partial charge in [0.2, 0.25) is 0 Å². The van der Waals surface area contributed by atoms with Gasteiger partial charge in [-0.05, 0) is 24.3 Å². The topological polar surface area (TPSA) is 55.6 Å². The van der Waals surface area contributed by atoms with E-state index >= 15 is 0 Å². The Balaban J connectivity index is 2.01. The summed E-state index contributed by atoms with van der Waals surface area (Å²) in [6, 6.07) is 12.9. The standard InChI is InChI=1S/C15H14N2O2/c1-19-11-5-2-4-10(8-11)17-9-13-12(15(17)18)6-3-7-14(13)16/h2-8H,9,16H2,1H3. The molecule has 0 spiro atoms. The molecule has 4 heteroatoms. The van der Waals surface area contributed by atoms with Gasteiger partial charge in [-0.15, -0.1) is 0 Å². The Hall–Kier alpha value is -2.49. The summed E-state index contributed by atoms with van der Waals surface area (Å²) in [7, 11) is 1.61. The van der Waals surface area contributed by atoms with Gasteiger partial charge in [0, 0.05) is 28.6 Å². The molecule has 1 aliphatic rings. The maximum atomic E-state index is 12.4. The zero-order valence-electron chi connectivity index (χ0n) is 10.6. The smallest absolute Gasteiger partial charge is 0.259 e. The second kappa shape index (κ2) is 4.31. The van der Waals surface area contributed by atoms with Crippen LogP contribution in [0.5, 0.6) is 5.75 Å². The molecule has 0 fully saturated rings. The lowest BCUT2D eigenvalue weighted by Crippen LogP contribution is -2.22. The molecule has 19 heavy (non-hydrogen) atoms. The van der Waals surface area contributed by atoms with Gasteiger partial charge in [0.1, 0.15) is 5.75 Å². The first-order chi connectivity index (χ1) is 9.20. The summed E-state index contributed by atoms with van der Waals surface area (Å²) in [6.45, 7) is 0.508. The lowest BCUT2D eigenvalue weighted by molar-refractivity contribution is 0.0996. The summed E-state index contributed by atoms with van der Waals surface area (Å²) in [5.74, 6) is 0.713. The van der Waals surface area contributed by atoms with E-state index in [2.05, 4.69) is 0 Å². The van der Waals surface area contributed by atoms with Crippen molar-refractivity contribution in [2.45, 2.75) is 6.54 Å². The molecule has 3 rings (SSSR count). The van der Waals surface area contributed by atoms with Crippen molar-refractivity contribution < 1.29 is 9.53 Å². The Morgan fingerprint density at radius 2 is 2.00 bits per heavy atom. The Morgan fingerprint density at radius 1 is 1.21 bits per heavy atom. The summed E-state index contributed by atoms with van der Waals surface area (Å²) in [4.78, 5) is 14.1. The second-order valence-electron chi connectivity index (χ2n) is 4.47. The Bertz CT molecular complexity index is 652. The highest BCUT2D eigenvalue weighted by atomic mass is 16.5. The van der Waals surface area contributed by atoms with Gasteiger partial charge in [-0.25, -0.2) is 0 Å². The lowest BCUT2D eigenvalue weighted by Gasteiger charge is -2.16. The highest BCUT2D eigenvalue weighted by molar-refractivity contribution is 6.11. The summed E-state index contributed by atoms with van der Waals surface area (Å²) in [5.41, 5.74) is 8.99. The van der Waals surface area contributed by atoms with Gasteiger partial charge in [-0.3, -0.25) is 4.79 Å². The fourth-order valence-corrected chi connectivity index (χ4v) is 2.34. The van der Waals surface area contributed by atoms with Crippen molar-refractivity contribution in [1.29, 1.82) is 0 Å². The first-order valence-corrected chi connectivity index (χ1v) is 6.04. The number of nitrogen functional groups attached to an aromatic ring is 1. The van der Waals surface area contributed by atoms with Gasteiger partial charge in [0.05, 0.1) is 13.7 Å². The molecule has 0 saturated heterocycles. The van der Waals surface area contributed by atoms with Crippen LogP contribution in [0.15, 0.2) is 42.5 Å². The Kier molecular flexibility index (Phi) is 2.63. The molecule has 0 unspecified atom stereocenters. The van der Waals surface area contributed by atoms with Crippen molar-refractivity contribution in [3.63, 3.8) is 0 Å². The van der Waals surface area contributed by atoms with Gasteiger partial charge in [0.25, 0.3) is 5.91 Å². The van der Waals surface area contributed by atoms with Crippen molar-refractivity contribution in [3.05, 3.63) is 53.6 Å². The van der Waals surface area contributed by atoms with E-state index in [9.17, 15) is 4.79 Å². The number of nitrogens with zero attached hydrogens (tertiary/aromatic N) is 1. The van der Waals surface area contributed by atoms with E-state index in [0.717, 1.165) is 17.0 Å². The molecule has 2 aromatic rings. The van der Waals surface area contributed by atoms with Crippen LogP contribution in [0.2, 0.25) is 0 Å². The molecule has 0 atom stereocenters. The van der Waals surface area contributed by atoms with Crippen molar-refractivity contribution in [3.8, 4) is 5.75 Å². The summed E-state index contributed by atoms with van der Waals surface area (Å²) in [5, 5.41) is 0. The molecule has 0 radical (unpaired) electrons. The third-order valence-electron chi connectivity index (χ3n) is 3.37. The van der Waals surface area contributed by atoms with Gasteiger partial charge >= 0.3 is 0 Å². The van der Waals surface area contributed by atoms with Gasteiger partial charge in [-0.2, -0.15) is 0 Å². The van der Waals surface area contributed by atoms with E-state index in [1.165, 1.54) is 0 Å². The van der Waals surface area contributed by atoms with Gasteiger partial charge in [-0.1, -0.05) is 12.1 Å². The van der Waals surface area contributed by atoms with Crippen LogP contribution in [0.1, 0.15) is 15.9 Å². The summed E-state index contributed by atoms with van der Waals surface area (Å²) >= 11 is 0. The monoisotopic (exact) mass is 254 g/mol. The highest BCUT2D eigenvalue weighted by Gasteiger charge is 2.29. The number of hydrogen-bond acceptors (Lipinski definition) is 3. The number of fused-ring (bicyclic) bond motifs is 1. The number of ether oxygens (including phenoxy) is 1. The van der Waals surface area contributed by atoms with Crippen molar-refractivity contribution in [1.82, 2.24) is 0 Å². The molecule has 0 bridgehead atoms. The predicted molar refractivity (Wildman–Crippen MR) is 74.4 cm³/mol. The van der Waals surface area contributed by atoms with Crippen molar-refractivity contribution >= 4 is 17.3 Å². The Morgan fingerprint density at radius 3 is 2.74 bits per heavy atom. The molecular formula is C15H14N2O2. The van der Waals surface area contributed by atoms with E-state index in [0.29, 0.717) is 17.8 Å². The largest absolute Gasteiger partial charge is 0.497 e. The third kappa shape index (κ3) is 1.81. The molecule has 96 valence electrons. The highest BCUT2D eigenvalue weighted by Crippen LogP contribution is 2.32. The zero-order chi connectivity index (χ0) is 13.4. The van der Waals surface area contributed by atoms with Crippen LogP contribution in [-0.2, 0) is 6.54 Å². The van der Waals surface area contributed by atoms with Gasteiger partial charge < -0.3 is 15.4 Å². The third-order valence-corrected chi connectivity index (χ3v) is 3.37. The van der Waals surface area contributed by atoms with Crippen LogP contribution in [0, 0.1) is 0 Å². The molecule has 1 amide bonds. The molecular weight excluding hydrogens is 240 g/mol. The predicted octanol–water partition coefficient (Wildman–Crippen LogP) is 2.44. The van der Waals surface area contributed by atoms with E-state index in [1.807, 2.05) is 36.4 Å². The number of hydrogen-bond donors (Lipinski definition) is 1. The zero-order valence-corrected chi connectivity index (χ0v) is 10.6. The first kappa shape index (κ1) is 11.6. The van der Waals surface area contributed by atoms with Crippen molar-refractivity contribution in [2.24, 2.45) is 0 Å². The van der Waals surface area contributed by atoms with E-state index in [1.54, 1.807) is 18.1 Å². The summed E-state index contributed by atoms with van der Waals surface area (Å²) in [6.07, 6.45) is 0. The van der Waals surface area contributed by atoms with Crippen LogP contribution >= 0.6 is 0 Å². The fraction of sp³-hybridized carbons (Fsp3) is 0.133. The molecule has 2 N–H and O–H groups in total. The molecule has 0 saturated carbocycles. The minimum atomic E-state index is -0.0180. The van der Waals surface area contributed by atoms with E-state index < -0.39 is 0 Å². The number of carbonyl (C=O) groups excluding carboxylic acids is 1. The minimum Gasteiger partial charge on any atom is -0.497 e. The van der Waals surface area contributed by atoms with E-state index in [4.69, 9.17) is 10.5 Å². The SMILES string of the molecule is COc1cccc(N2Cc3c(N)cccc3C2=O)c1. The van der Waals surface area contributed by atoms with Crippen LogP contribution < -0.4 is 15.4 Å².